The van der Waals surface area contributed by atoms with Crippen molar-refractivity contribution in [3.8, 4) is 5.75 Å². The highest BCUT2D eigenvalue weighted by atomic mass is 16.3. The lowest BCUT2D eigenvalue weighted by Gasteiger charge is -1.94. The molecular weight excluding hydrogens is 194 g/mol. The Labute approximate surface area is 86.6 Å². The van der Waals surface area contributed by atoms with Crippen molar-refractivity contribution in [3.05, 3.63) is 36.8 Å². The molecule has 0 aromatic carbocycles. The maximum absolute atomic E-state index is 8.74. The van der Waals surface area contributed by atoms with E-state index in [9.17, 15) is 0 Å². The molecule has 0 unspecified atom stereocenters. The molecule has 0 bridgehead atoms. The van der Waals surface area contributed by atoms with E-state index < -0.39 is 0 Å². The number of nitrogens with two attached hydrogens (primary N) is 2. The number of aromatic nitrogens is 3. The zero-order valence-electron chi connectivity index (χ0n) is 7.91. The maximum atomic E-state index is 8.74. The van der Waals surface area contributed by atoms with Crippen LogP contribution in [0.25, 0.3) is 0 Å². The van der Waals surface area contributed by atoms with Gasteiger partial charge in [-0.15, -0.1) is 0 Å². The molecule has 6 heteroatoms. The highest BCUT2D eigenvalue weighted by Crippen LogP contribution is 2.13. The average Bonchev–Trinajstić information content (AvgIpc) is 2.27. The molecule has 0 atom stereocenters. The van der Waals surface area contributed by atoms with E-state index in [0.29, 0.717) is 0 Å². The third-order valence-electron chi connectivity index (χ3n) is 1.38. The molecular formula is C9H11N5O. The molecule has 0 aliphatic rings. The molecule has 0 spiro atoms. The minimum Gasteiger partial charge on any atom is -0.503 e. The highest BCUT2D eigenvalue weighted by Gasteiger charge is 1.96. The Balaban J connectivity index is 0.000000162. The normalized spacial score (nSPS) is 8.80. The number of nitrogens with zero attached hydrogens (tertiary/aromatic N) is 3. The number of pyridine rings is 1. The fourth-order valence-electron chi connectivity index (χ4n) is 0.716. The molecule has 2 aromatic rings. The molecule has 6 nitrogen and oxygen atoms in total. The van der Waals surface area contributed by atoms with Gasteiger partial charge in [-0.25, -0.2) is 4.98 Å². The smallest absolute Gasteiger partial charge is 0.222 e. The molecule has 0 saturated heterocycles. The second kappa shape index (κ2) is 5.38. The van der Waals surface area contributed by atoms with Crippen LogP contribution in [-0.2, 0) is 0 Å². The summed E-state index contributed by atoms with van der Waals surface area (Å²) in [7, 11) is 0. The zero-order chi connectivity index (χ0) is 11.1. The summed E-state index contributed by atoms with van der Waals surface area (Å²) in [6.45, 7) is 0. The molecule has 0 saturated carbocycles. The Hall–Kier alpha value is -2.37. The van der Waals surface area contributed by atoms with Crippen LogP contribution < -0.4 is 11.5 Å². The van der Waals surface area contributed by atoms with E-state index in [4.69, 9.17) is 16.6 Å². The topological polar surface area (TPSA) is 111 Å². The molecule has 5 N–H and O–H groups in total. The largest absolute Gasteiger partial charge is 0.503 e. The summed E-state index contributed by atoms with van der Waals surface area (Å²) < 4.78 is 0. The Morgan fingerprint density at radius 1 is 1.07 bits per heavy atom. The summed E-state index contributed by atoms with van der Waals surface area (Å²) >= 11 is 0. The molecule has 2 rings (SSSR count). The van der Waals surface area contributed by atoms with Gasteiger partial charge >= 0.3 is 0 Å². The first-order chi connectivity index (χ1) is 7.20. The number of nitrogen functional groups attached to an aromatic ring is 2. The van der Waals surface area contributed by atoms with Crippen LogP contribution in [0.3, 0.4) is 0 Å². The van der Waals surface area contributed by atoms with E-state index in [2.05, 4.69) is 15.0 Å². The Bertz CT molecular complexity index is 380. The SMILES string of the molecule is Nc1ncc(O)c(N)n1.c1ccncc1. The summed E-state index contributed by atoms with van der Waals surface area (Å²) in [5.74, 6) is -0.0861. The fourth-order valence-corrected chi connectivity index (χ4v) is 0.716. The van der Waals surface area contributed by atoms with Gasteiger partial charge in [-0.3, -0.25) is 4.98 Å². The van der Waals surface area contributed by atoms with Gasteiger partial charge in [0.05, 0.1) is 6.20 Å². The van der Waals surface area contributed by atoms with Gasteiger partial charge in [-0.05, 0) is 12.1 Å². The van der Waals surface area contributed by atoms with Gasteiger partial charge in [0.15, 0.2) is 11.6 Å². The van der Waals surface area contributed by atoms with E-state index in [1.54, 1.807) is 12.4 Å². The standard InChI is InChI=1S/C5H5N.C4H6N4O/c1-2-4-6-5-3-1;5-3-2(9)1-7-4(6)8-3/h1-5H;1,9H,(H4,5,6,7,8). The lowest BCUT2D eigenvalue weighted by molar-refractivity contribution is 0.473. The molecule has 0 aliphatic heterocycles. The monoisotopic (exact) mass is 205 g/mol. The molecule has 2 aromatic heterocycles. The van der Waals surface area contributed by atoms with Crippen LogP contribution in [0.4, 0.5) is 11.8 Å². The van der Waals surface area contributed by atoms with Crippen molar-refractivity contribution < 1.29 is 5.11 Å². The maximum Gasteiger partial charge on any atom is 0.222 e. The van der Waals surface area contributed by atoms with Gasteiger partial charge in [-0.1, -0.05) is 6.07 Å². The lowest BCUT2D eigenvalue weighted by Crippen LogP contribution is -1.98. The predicted octanol–water partition coefficient (Wildman–Crippen LogP) is 0.428. The molecule has 78 valence electrons. The minimum absolute atomic E-state index is 0.00231. The second-order valence-corrected chi connectivity index (χ2v) is 2.52. The van der Waals surface area contributed by atoms with Crippen LogP contribution in [0.5, 0.6) is 5.75 Å². The Morgan fingerprint density at radius 2 is 1.73 bits per heavy atom. The van der Waals surface area contributed by atoms with Crippen molar-refractivity contribution >= 4 is 11.8 Å². The van der Waals surface area contributed by atoms with Gasteiger partial charge in [-0.2, -0.15) is 4.98 Å². The van der Waals surface area contributed by atoms with Gasteiger partial charge in [0, 0.05) is 12.4 Å². The number of rotatable bonds is 0. The number of anilines is 2. The van der Waals surface area contributed by atoms with Crippen molar-refractivity contribution in [1.29, 1.82) is 0 Å². The van der Waals surface area contributed by atoms with Crippen molar-refractivity contribution in [2.24, 2.45) is 0 Å². The first kappa shape index (κ1) is 10.7. The molecule has 0 aliphatic carbocycles. The van der Waals surface area contributed by atoms with E-state index in [-0.39, 0.29) is 17.5 Å². The quantitative estimate of drug-likeness (QED) is 0.575. The molecule has 2 heterocycles. The first-order valence-corrected chi connectivity index (χ1v) is 4.12. The Morgan fingerprint density at radius 3 is 2.07 bits per heavy atom. The van der Waals surface area contributed by atoms with Crippen LogP contribution in [0, 0.1) is 0 Å². The van der Waals surface area contributed by atoms with Crippen LogP contribution in [0.1, 0.15) is 0 Å². The summed E-state index contributed by atoms with van der Waals surface area (Å²) in [5.41, 5.74) is 10.3. The summed E-state index contributed by atoms with van der Waals surface area (Å²) in [4.78, 5) is 10.7. The van der Waals surface area contributed by atoms with E-state index in [0.717, 1.165) is 6.20 Å². The molecule has 0 fully saturated rings. The Kier molecular flexibility index (Phi) is 3.84. The third kappa shape index (κ3) is 3.90. The van der Waals surface area contributed by atoms with Gasteiger partial charge in [0.1, 0.15) is 0 Å². The van der Waals surface area contributed by atoms with Crippen LogP contribution in [0.15, 0.2) is 36.8 Å². The van der Waals surface area contributed by atoms with Crippen molar-refractivity contribution in [3.63, 3.8) is 0 Å². The van der Waals surface area contributed by atoms with Gasteiger partial charge in [0.2, 0.25) is 5.95 Å². The molecule has 0 radical (unpaired) electrons. The van der Waals surface area contributed by atoms with Gasteiger partial charge in [0.25, 0.3) is 0 Å². The molecule has 0 amide bonds. The average molecular weight is 205 g/mol. The van der Waals surface area contributed by atoms with Crippen molar-refractivity contribution in [1.82, 2.24) is 15.0 Å². The number of aromatic hydroxyl groups is 1. The van der Waals surface area contributed by atoms with Crippen molar-refractivity contribution in [2.75, 3.05) is 11.5 Å². The first-order valence-electron chi connectivity index (χ1n) is 4.12. The minimum atomic E-state index is -0.149. The fraction of sp³-hybridized carbons (Fsp3) is 0. The van der Waals surface area contributed by atoms with E-state index in [1.165, 1.54) is 0 Å². The summed E-state index contributed by atoms with van der Waals surface area (Å²) in [6.07, 6.45) is 4.65. The van der Waals surface area contributed by atoms with Crippen molar-refractivity contribution in [2.45, 2.75) is 0 Å². The van der Waals surface area contributed by atoms with E-state index in [1.807, 2.05) is 18.2 Å². The van der Waals surface area contributed by atoms with Crippen LogP contribution in [-0.4, -0.2) is 20.1 Å². The predicted molar refractivity (Wildman–Crippen MR) is 56.8 cm³/mol. The number of hydrogen-bond acceptors (Lipinski definition) is 6. The summed E-state index contributed by atoms with van der Waals surface area (Å²) in [5, 5.41) is 8.74. The third-order valence-corrected chi connectivity index (χ3v) is 1.38. The zero-order valence-corrected chi connectivity index (χ0v) is 7.91. The second-order valence-electron chi connectivity index (χ2n) is 2.52. The van der Waals surface area contributed by atoms with Crippen LogP contribution in [0.2, 0.25) is 0 Å². The summed E-state index contributed by atoms with van der Waals surface area (Å²) in [6, 6.07) is 5.72. The van der Waals surface area contributed by atoms with Crippen LogP contribution >= 0.6 is 0 Å². The highest BCUT2D eigenvalue weighted by molar-refractivity contribution is 5.45. The van der Waals surface area contributed by atoms with Gasteiger partial charge < -0.3 is 16.6 Å². The number of hydrogen-bond donors (Lipinski definition) is 3. The molecule has 15 heavy (non-hydrogen) atoms. The van der Waals surface area contributed by atoms with E-state index >= 15 is 0 Å². The lowest BCUT2D eigenvalue weighted by atomic mass is 10.5.